The van der Waals surface area contributed by atoms with Crippen LogP contribution in [0.5, 0.6) is 0 Å². The van der Waals surface area contributed by atoms with Gasteiger partial charge in [-0.25, -0.2) is 0 Å². The number of aryl methyl sites for hydroxylation is 2. The van der Waals surface area contributed by atoms with Crippen LogP contribution in [0.3, 0.4) is 0 Å². The third-order valence-electron chi connectivity index (χ3n) is 3.78. The second kappa shape index (κ2) is 6.93. The zero-order valence-electron chi connectivity index (χ0n) is 13.6. The molecule has 2 amide bonds. The zero-order chi connectivity index (χ0) is 17.1. The molecule has 4 nitrogen and oxygen atoms in total. The number of thioether (sulfide) groups is 1. The van der Waals surface area contributed by atoms with Crippen LogP contribution in [0.25, 0.3) is 6.08 Å². The Morgan fingerprint density at radius 1 is 1.08 bits per heavy atom. The van der Waals surface area contributed by atoms with Gasteiger partial charge in [0.05, 0.1) is 11.6 Å². The van der Waals surface area contributed by atoms with Gasteiger partial charge in [0.2, 0.25) is 0 Å². The van der Waals surface area contributed by atoms with Gasteiger partial charge in [-0.05, 0) is 48.9 Å². The topological polar surface area (TPSA) is 49.4 Å². The summed E-state index contributed by atoms with van der Waals surface area (Å²) >= 11 is 0.977. The van der Waals surface area contributed by atoms with Crippen molar-refractivity contribution in [3.63, 3.8) is 0 Å². The summed E-state index contributed by atoms with van der Waals surface area (Å²) in [6.45, 7) is 4.20. The molecule has 0 unspecified atom stereocenters. The number of imide groups is 1. The molecule has 0 aromatic heterocycles. The summed E-state index contributed by atoms with van der Waals surface area (Å²) in [5.74, 6) is -0.258. The lowest BCUT2D eigenvalue weighted by molar-refractivity contribution is -0.122. The molecule has 0 radical (unpaired) electrons. The summed E-state index contributed by atoms with van der Waals surface area (Å²) in [5.41, 5.74) is 4.09. The fourth-order valence-electron chi connectivity index (χ4n) is 2.51. The van der Waals surface area contributed by atoms with Gasteiger partial charge in [-0.3, -0.25) is 14.5 Å². The molecule has 1 N–H and O–H groups in total. The van der Waals surface area contributed by atoms with E-state index >= 15 is 0 Å². The maximum Gasteiger partial charge on any atom is 0.295 e. The summed E-state index contributed by atoms with van der Waals surface area (Å²) in [4.78, 5) is 26.3. The fourth-order valence-corrected chi connectivity index (χ4v) is 3.35. The fraction of sp³-hybridized carbons (Fsp3) is 0.158. The van der Waals surface area contributed by atoms with Gasteiger partial charge in [0.15, 0.2) is 0 Å². The summed E-state index contributed by atoms with van der Waals surface area (Å²) < 4.78 is 0. The lowest BCUT2D eigenvalue weighted by Gasteiger charge is -2.16. The van der Waals surface area contributed by atoms with Gasteiger partial charge in [0.1, 0.15) is 0 Å². The standard InChI is InChI=1S/C19H18N2O2S/c1-13-8-9-16(14(2)10-13)20-12-21-18(22)17(24-19(21)23)11-15-6-4-3-5-7-15/h3-11,20H,12H2,1-2H3/b17-11-. The van der Waals surface area contributed by atoms with Crippen LogP contribution in [0.15, 0.2) is 53.4 Å². The number of nitrogens with one attached hydrogen (secondary N) is 1. The highest BCUT2D eigenvalue weighted by Gasteiger charge is 2.34. The number of carbonyl (C=O) groups excluding carboxylic acids is 2. The molecule has 0 saturated carbocycles. The summed E-state index contributed by atoms with van der Waals surface area (Å²) in [6.07, 6.45) is 1.75. The molecule has 0 bridgehead atoms. The Morgan fingerprint density at radius 3 is 2.54 bits per heavy atom. The predicted octanol–water partition coefficient (Wildman–Crippen LogP) is 4.41. The van der Waals surface area contributed by atoms with Crippen molar-refractivity contribution < 1.29 is 9.59 Å². The van der Waals surface area contributed by atoms with Gasteiger partial charge in [-0.2, -0.15) is 0 Å². The van der Waals surface area contributed by atoms with Crippen LogP contribution >= 0.6 is 11.8 Å². The van der Waals surface area contributed by atoms with Crippen molar-refractivity contribution in [1.29, 1.82) is 0 Å². The van der Waals surface area contributed by atoms with Crippen LogP contribution in [-0.4, -0.2) is 22.7 Å². The summed E-state index contributed by atoms with van der Waals surface area (Å²) in [6, 6.07) is 15.5. The molecule has 3 rings (SSSR count). The van der Waals surface area contributed by atoms with Crippen LogP contribution in [-0.2, 0) is 4.79 Å². The number of nitrogens with zero attached hydrogens (tertiary/aromatic N) is 1. The van der Waals surface area contributed by atoms with E-state index in [4.69, 9.17) is 0 Å². The smallest absolute Gasteiger partial charge is 0.295 e. The monoisotopic (exact) mass is 338 g/mol. The van der Waals surface area contributed by atoms with Gasteiger partial charge in [-0.1, -0.05) is 48.0 Å². The average molecular weight is 338 g/mol. The number of benzene rings is 2. The molecule has 1 fully saturated rings. The first kappa shape index (κ1) is 16.3. The third kappa shape index (κ3) is 3.51. The van der Waals surface area contributed by atoms with E-state index in [1.807, 2.05) is 56.3 Å². The predicted molar refractivity (Wildman–Crippen MR) is 98.7 cm³/mol. The van der Waals surface area contributed by atoms with Gasteiger partial charge in [0.25, 0.3) is 11.1 Å². The molecule has 0 atom stereocenters. The molecule has 1 heterocycles. The Hall–Kier alpha value is -2.53. The van der Waals surface area contributed by atoms with E-state index < -0.39 is 0 Å². The Labute approximate surface area is 145 Å². The van der Waals surface area contributed by atoms with Crippen LogP contribution in [0, 0.1) is 13.8 Å². The average Bonchev–Trinajstić information content (AvgIpc) is 2.82. The molecule has 1 saturated heterocycles. The first-order chi connectivity index (χ1) is 11.5. The Bertz CT molecular complexity index is 815. The first-order valence-electron chi connectivity index (χ1n) is 7.66. The number of anilines is 1. The van der Waals surface area contributed by atoms with Crippen molar-refractivity contribution >= 4 is 34.7 Å². The van der Waals surface area contributed by atoms with E-state index in [-0.39, 0.29) is 17.8 Å². The van der Waals surface area contributed by atoms with Gasteiger partial charge >= 0.3 is 0 Å². The zero-order valence-corrected chi connectivity index (χ0v) is 14.4. The quantitative estimate of drug-likeness (QED) is 0.839. The highest BCUT2D eigenvalue weighted by atomic mass is 32.2. The summed E-state index contributed by atoms with van der Waals surface area (Å²) in [7, 11) is 0. The molecule has 5 heteroatoms. The lowest BCUT2D eigenvalue weighted by Crippen LogP contribution is -2.33. The van der Waals surface area contributed by atoms with Gasteiger partial charge < -0.3 is 5.32 Å². The molecule has 1 aliphatic rings. The molecule has 0 spiro atoms. The highest BCUT2D eigenvalue weighted by molar-refractivity contribution is 8.18. The molecular formula is C19H18N2O2S. The molecule has 1 aliphatic heterocycles. The molecule has 0 aliphatic carbocycles. The maximum absolute atomic E-state index is 12.5. The van der Waals surface area contributed by atoms with E-state index in [2.05, 4.69) is 11.4 Å². The van der Waals surface area contributed by atoms with E-state index in [0.29, 0.717) is 4.91 Å². The Morgan fingerprint density at radius 2 is 1.83 bits per heavy atom. The van der Waals surface area contributed by atoms with E-state index in [0.717, 1.165) is 28.6 Å². The number of hydrogen-bond donors (Lipinski definition) is 1. The normalized spacial score (nSPS) is 16.1. The van der Waals surface area contributed by atoms with Crippen molar-refractivity contribution in [2.24, 2.45) is 0 Å². The first-order valence-corrected chi connectivity index (χ1v) is 8.48. The van der Waals surface area contributed by atoms with Crippen LogP contribution < -0.4 is 5.32 Å². The Kier molecular flexibility index (Phi) is 4.71. The van der Waals surface area contributed by atoms with Crippen molar-refractivity contribution in [1.82, 2.24) is 4.90 Å². The highest BCUT2D eigenvalue weighted by Crippen LogP contribution is 2.32. The molecule has 2 aromatic carbocycles. The van der Waals surface area contributed by atoms with Gasteiger partial charge in [0, 0.05) is 5.69 Å². The summed E-state index contributed by atoms with van der Waals surface area (Å²) in [5, 5.41) is 2.92. The SMILES string of the molecule is Cc1ccc(NCN2C(=O)S/C(=C\c3ccccc3)C2=O)c(C)c1. The number of carbonyl (C=O) groups is 2. The number of amides is 2. The number of hydrogen-bond acceptors (Lipinski definition) is 4. The minimum absolute atomic E-state index is 0.167. The van der Waals surface area contributed by atoms with E-state index in [1.54, 1.807) is 6.08 Å². The van der Waals surface area contributed by atoms with Crippen LogP contribution in [0.2, 0.25) is 0 Å². The minimum atomic E-state index is -0.258. The molecular weight excluding hydrogens is 320 g/mol. The second-order valence-corrected chi connectivity index (χ2v) is 6.67. The maximum atomic E-state index is 12.5. The lowest BCUT2D eigenvalue weighted by atomic mass is 10.1. The number of rotatable bonds is 4. The molecule has 2 aromatic rings. The van der Waals surface area contributed by atoms with E-state index in [9.17, 15) is 9.59 Å². The molecule has 122 valence electrons. The Balaban J connectivity index is 1.72. The minimum Gasteiger partial charge on any atom is -0.367 e. The van der Waals surface area contributed by atoms with Crippen molar-refractivity contribution in [2.75, 3.05) is 12.0 Å². The van der Waals surface area contributed by atoms with Crippen molar-refractivity contribution in [3.05, 3.63) is 70.1 Å². The largest absolute Gasteiger partial charge is 0.367 e. The van der Waals surface area contributed by atoms with Crippen LogP contribution in [0.1, 0.15) is 16.7 Å². The van der Waals surface area contributed by atoms with E-state index in [1.165, 1.54) is 10.5 Å². The van der Waals surface area contributed by atoms with Crippen molar-refractivity contribution in [3.8, 4) is 0 Å². The van der Waals surface area contributed by atoms with Crippen molar-refractivity contribution in [2.45, 2.75) is 13.8 Å². The molecule has 24 heavy (non-hydrogen) atoms. The van der Waals surface area contributed by atoms with Crippen LogP contribution in [0.4, 0.5) is 10.5 Å². The third-order valence-corrected chi connectivity index (χ3v) is 4.69. The van der Waals surface area contributed by atoms with Gasteiger partial charge in [-0.15, -0.1) is 0 Å². The second-order valence-electron chi connectivity index (χ2n) is 5.67.